The second-order valence-electron chi connectivity index (χ2n) is 6.25. The monoisotopic (exact) mass is 321 g/mol. The number of benzene rings is 1. The van der Waals surface area contributed by atoms with Gasteiger partial charge in [-0.1, -0.05) is 19.8 Å². The Kier molecular flexibility index (Phi) is 6.13. The fourth-order valence-electron chi connectivity index (χ4n) is 3.27. The number of nitrogens with one attached hydrogen (secondary N) is 1. The van der Waals surface area contributed by atoms with E-state index in [4.69, 9.17) is 14.2 Å². The molecular formula is C18H27NO4. The summed E-state index contributed by atoms with van der Waals surface area (Å²) in [5.74, 6) is 2.41. The lowest BCUT2D eigenvalue weighted by molar-refractivity contribution is -0.121. The molecule has 0 spiro atoms. The van der Waals surface area contributed by atoms with Crippen LogP contribution >= 0.6 is 0 Å². The molecule has 1 N–H and O–H groups in total. The normalized spacial score (nSPS) is 20.7. The summed E-state index contributed by atoms with van der Waals surface area (Å²) in [5.41, 5.74) is 0.848. The van der Waals surface area contributed by atoms with Crippen molar-refractivity contribution in [3.8, 4) is 17.2 Å². The zero-order chi connectivity index (χ0) is 16.8. The Morgan fingerprint density at radius 2 is 1.78 bits per heavy atom. The molecule has 1 saturated carbocycles. The lowest BCUT2D eigenvalue weighted by Crippen LogP contribution is -2.38. The molecule has 128 valence electrons. The lowest BCUT2D eigenvalue weighted by atomic mass is 9.87. The van der Waals surface area contributed by atoms with E-state index in [1.54, 1.807) is 21.3 Å². The molecule has 0 aromatic heterocycles. The molecule has 23 heavy (non-hydrogen) atoms. The van der Waals surface area contributed by atoms with Crippen LogP contribution in [0, 0.1) is 5.92 Å². The second-order valence-corrected chi connectivity index (χ2v) is 6.25. The predicted octanol–water partition coefficient (Wildman–Crippen LogP) is 2.95. The highest BCUT2D eigenvalue weighted by Crippen LogP contribution is 2.38. The zero-order valence-electron chi connectivity index (χ0n) is 14.5. The number of carbonyl (C=O) groups is 1. The Morgan fingerprint density at radius 3 is 2.30 bits per heavy atom. The summed E-state index contributed by atoms with van der Waals surface area (Å²) in [7, 11) is 4.71. The third kappa shape index (κ3) is 4.53. The quantitative estimate of drug-likeness (QED) is 0.875. The molecule has 0 radical (unpaired) electrons. The van der Waals surface area contributed by atoms with Crippen LogP contribution in [-0.2, 0) is 11.2 Å². The van der Waals surface area contributed by atoms with Crippen LogP contribution in [0.25, 0.3) is 0 Å². The number of carbonyl (C=O) groups excluding carboxylic acids is 1. The summed E-state index contributed by atoms with van der Waals surface area (Å²) in [5, 5.41) is 3.15. The molecule has 1 fully saturated rings. The molecule has 5 nitrogen and oxygen atoms in total. The van der Waals surface area contributed by atoms with Gasteiger partial charge in [-0.15, -0.1) is 0 Å². The summed E-state index contributed by atoms with van der Waals surface area (Å²) < 4.78 is 16.0. The molecule has 1 aliphatic carbocycles. The van der Waals surface area contributed by atoms with Gasteiger partial charge in [0.15, 0.2) is 11.5 Å². The fourth-order valence-corrected chi connectivity index (χ4v) is 3.27. The van der Waals surface area contributed by atoms with E-state index in [2.05, 4.69) is 12.2 Å². The van der Waals surface area contributed by atoms with Crippen LogP contribution in [0.4, 0.5) is 0 Å². The van der Waals surface area contributed by atoms with Crippen LogP contribution in [0.1, 0.15) is 38.2 Å². The molecule has 2 rings (SSSR count). The Morgan fingerprint density at radius 1 is 1.13 bits per heavy atom. The summed E-state index contributed by atoms with van der Waals surface area (Å²) >= 11 is 0. The first-order valence-electron chi connectivity index (χ1n) is 8.15. The van der Waals surface area contributed by atoms with E-state index >= 15 is 0 Å². The average Bonchev–Trinajstić information content (AvgIpc) is 2.53. The van der Waals surface area contributed by atoms with Crippen molar-refractivity contribution in [2.24, 2.45) is 5.92 Å². The van der Waals surface area contributed by atoms with Crippen molar-refractivity contribution in [1.82, 2.24) is 5.32 Å². The van der Waals surface area contributed by atoms with Crippen molar-refractivity contribution < 1.29 is 19.0 Å². The minimum atomic E-state index is 0.0402. The molecule has 5 heteroatoms. The standard InChI is InChI=1S/C18H27NO4/c1-12-6-5-7-14(8-12)19-17(20)11-13-9-15(21-2)18(23-4)16(10-13)22-3/h9-10,12,14H,5-8,11H2,1-4H3,(H,19,20). The van der Waals surface area contributed by atoms with E-state index in [0.717, 1.165) is 18.4 Å². The first-order chi connectivity index (χ1) is 11.1. The molecule has 1 aromatic rings. The smallest absolute Gasteiger partial charge is 0.224 e. The maximum Gasteiger partial charge on any atom is 0.224 e. The second kappa shape index (κ2) is 8.09. The van der Waals surface area contributed by atoms with Crippen LogP contribution in [0.3, 0.4) is 0 Å². The number of hydrogen-bond donors (Lipinski definition) is 1. The molecule has 0 heterocycles. The minimum Gasteiger partial charge on any atom is -0.493 e. The van der Waals surface area contributed by atoms with Crippen molar-refractivity contribution in [2.75, 3.05) is 21.3 Å². The van der Waals surface area contributed by atoms with E-state index in [1.165, 1.54) is 12.8 Å². The molecule has 0 bridgehead atoms. The number of ether oxygens (including phenoxy) is 3. The third-order valence-electron chi connectivity index (χ3n) is 4.39. The molecule has 2 unspecified atom stereocenters. The van der Waals surface area contributed by atoms with Gasteiger partial charge in [0, 0.05) is 6.04 Å². The highest BCUT2D eigenvalue weighted by Gasteiger charge is 2.21. The first kappa shape index (κ1) is 17.4. The van der Waals surface area contributed by atoms with Gasteiger partial charge in [0.1, 0.15) is 0 Å². The molecule has 1 aliphatic rings. The van der Waals surface area contributed by atoms with Gasteiger partial charge < -0.3 is 19.5 Å². The minimum absolute atomic E-state index is 0.0402. The van der Waals surface area contributed by atoms with Crippen molar-refractivity contribution >= 4 is 5.91 Å². The highest BCUT2D eigenvalue weighted by atomic mass is 16.5. The topological polar surface area (TPSA) is 56.8 Å². The van der Waals surface area contributed by atoms with Crippen molar-refractivity contribution in [3.63, 3.8) is 0 Å². The van der Waals surface area contributed by atoms with Gasteiger partial charge in [0.05, 0.1) is 27.8 Å². The van der Waals surface area contributed by atoms with Crippen LogP contribution in [-0.4, -0.2) is 33.3 Å². The van der Waals surface area contributed by atoms with Crippen LogP contribution in [0.15, 0.2) is 12.1 Å². The van der Waals surface area contributed by atoms with Gasteiger partial charge in [-0.3, -0.25) is 4.79 Å². The summed E-state index contributed by atoms with van der Waals surface area (Å²) in [6.07, 6.45) is 4.91. The maximum atomic E-state index is 12.3. The number of rotatable bonds is 6. The van der Waals surface area contributed by atoms with E-state index in [9.17, 15) is 4.79 Å². The Bertz CT molecular complexity index is 519. The molecule has 2 atom stereocenters. The van der Waals surface area contributed by atoms with Crippen LogP contribution in [0.5, 0.6) is 17.2 Å². The van der Waals surface area contributed by atoms with Gasteiger partial charge in [-0.25, -0.2) is 0 Å². The maximum absolute atomic E-state index is 12.3. The largest absolute Gasteiger partial charge is 0.493 e. The van der Waals surface area contributed by atoms with E-state index in [1.807, 2.05) is 12.1 Å². The van der Waals surface area contributed by atoms with E-state index in [0.29, 0.717) is 35.6 Å². The Hall–Kier alpha value is -1.91. The average molecular weight is 321 g/mol. The van der Waals surface area contributed by atoms with E-state index in [-0.39, 0.29) is 5.91 Å². The van der Waals surface area contributed by atoms with Gasteiger partial charge in [0.25, 0.3) is 0 Å². The van der Waals surface area contributed by atoms with Gasteiger partial charge >= 0.3 is 0 Å². The van der Waals surface area contributed by atoms with Crippen molar-refractivity contribution in [2.45, 2.75) is 45.1 Å². The number of hydrogen-bond acceptors (Lipinski definition) is 4. The SMILES string of the molecule is COc1cc(CC(=O)NC2CCCC(C)C2)cc(OC)c1OC. The first-order valence-corrected chi connectivity index (χ1v) is 8.15. The van der Waals surface area contributed by atoms with Gasteiger partial charge in [-0.05, 0) is 36.5 Å². The van der Waals surface area contributed by atoms with E-state index < -0.39 is 0 Å². The van der Waals surface area contributed by atoms with Crippen LogP contribution in [0.2, 0.25) is 0 Å². The molecular weight excluding hydrogens is 294 g/mol. The third-order valence-corrected chi connectivity index (χ3v) is 4.39. The molecule has 0 saturated heterocycles. The summed E-state index contributed by atoms with van der Waals surface area (Å²) in [6.45, 7) is 2.25. The summed E-state index contributed by atoms with van der Waals surface area (Å²) in [4.78, 5) is 12.3. The molecule has 0 aliphatic heterocycles. The zero-order valence-corrected chi connectivity index (χ0v) is 14.5. The number of methoxy groups -OCH3 is 3. The molecule has 1 aromatic carbocycles. The Balaban J connectivity index is 2.05. The number of amides is 1. The van der Waals surface area contributed by atoms with Crippen molar-refractivity contribution in [1.29, 1.82) is 0 Å². The fraction of sp³-hybridized carbons (Fsp3) is 0.611. The Labute approximate surface area is 138 Å². The van der Waals surface area contributed by atoms with Crippen LogP contribution < -0.4 is 19.5 Å². The van der Waals surface area contributed by atoms with Gasteiger partial charge in [0.2, 0.25) is 11.7 Å². The summed E-state index contributed by atoms with van der Waals surface area (Å²) in [6, 6.07) is 3.95. The van der Waals surface area contributed by atoms with Crippen molar-refractivity contribution in [3.05, 3.63) is 17.7 Å². The highest BCUT2D eigenvalue weighted by molar-refractivity contribution is 5.79. The molecule has 1 amide bonds. The predicted molar refractivity (Wildman–Crippen MR) is 89.4 cm³/mol. The lowest BCUT2D eigenvalue weighted by Gasteiger charge is -2.27. The van der Waals surface area contributed by atoms with Gasteiger partial charge in [-0.2, -0.15) is 0 Å².